The maximum absolute atomic E-state index is 11.8. The van der Waals surface area contributed by atoms with Crippen LogP contribution in [0.4, 0.5) is 5.69 Å². The van der Waals surface area contributed by atoms with Crippen molar-refractivity contribution in [3.05, 3.63) is 36.0 Å². The number of hydrogen-bond acceptors (Lipinski definition) is 6. The Morgan fingerprint density at radius 3 is 2.52 bits per heavy atom. The van der Waals surface area contributed by atoms with Crippen LogP contribution in [0.5, 0.6) is 0 Å². The normalized spacial score (nSPS) is 11.5. The van der Waals surface area contributed by atoms with Crippen LogP contribution in [0.3, 0.4) is 0 Å². The molecule has 0 saturated heterocycles. The zero-order chi connectivity index (χ0) is 15.3. The summed E-state index contributed by atoms with van der Waals surface area (Å²) in [5.41, 5.74) is 0.839. The molecule has 1 aromatic carbocycles. The molecule has 0 atom stereocenters. The minimum absolute atomic E-state index is 0.253. The smallest absolute Gasteiger partial charge is 0.240 e. The van der Waals surface area contributed by atoms with Gasteiger partial charge in [-0.05, 0) is 24.3 Å². The molecule has 8 heteroatoms. The molecule has 0 aliphatic heterocycles. The first-order chi connectivity index (χ1) is 10.0. The quantitative estimate of drug-likeness (QED) is 0.801. The van der Waals surface area contributed by atoms with Crippen LogP contribution in [-0.4, -0.2) is 31.6 Å². The number of rotatable bonds is 7. The minimum Gasteiger partial charge on any atom is -0.385 e. The summed E-state index contributed by atoms with van der Waals surface area (Å²) < 4.78 is 30.9. The third kappa shape index (κ3) is 4.27. The molecule has 0 fully saturated rings. The number of sulfonamides is 1. The Labute approximate surface area is 123 Å². The third-order valence-electron chi connectivity index (χ3n) is 2.75. The van der Waals surface area contributed by atoms with E-state index in [0.717, 1.165) is 5.69 Å². The molecule has 0 bridgehead atoms. The van der Waals surface area contributed by atoms with Gasteiger partial charge in [-0.1, -0.05) is 12.1 Å². The summed E-state index contributed by atoms with van der Waals surface area (Å²) in [6.07, 6.45) is 0.634. The second-order valence-corrected chi connectivity index (χ2v) is 6.20. The Kier molecular flexibility index (Phi) is 4.92. The van der Waals surface area contributed by atoms with Crippen molar-refractivity contribution in [1.29, 1.82) is 0 Å². The molecule has 0 amide bonds. The zero-order valence-corrected chi connectivity index (χ0v) is 12.8. The summed E-state index contributed by atoms with van der Waals surface area (Å²) in [4.78, 5) is 4.36. The van der Waals surface area contributed by atoms with Crippen molar-refractivity contribution in [2.24, 2.45) is 0 Å². The topological polar surface area (TPSA) is 97.1 Å². The number of aryl methyl sites for hydroxylation is 1. The van der Waals surface area contributed by atoms with Gasteiger partial charge in [0.25, 0.3) is 0 Å². The van der Waals surface area contributed by atoms with Crippen molar-refractivity contribution in [2.75, 3.05) is 18.4 Å². The summed E-state index contributed by atoms with van der Waals surface area (Å²) in [7, 11) is -3.40. The van der Waals surface area contributed by atoms with Gasteiger partial charge in [0.15, 0.2) is 5.82 Å². The first-order valence-corrected chi connectivity index (χ1v) is 8.12. The van der Waals surface area contributed by atoms with Gasteiger partial charge < -0.3 is 9.84 Å². The molecular formula is C13H18N4O3S. The molecule has 1 heterocycles. The Morgan fingerprint density at radius 2 is 1.95 bits per heavy atom. The number of nitrogens with zero attached hydrogens (tertiary/aromatic N) is 2. The van der Waals surface area contributed by atoms with E-state index in [0.29, 0.717) is 31.2 Å². The molecule has 2 aromatic rings. The van der Waals surface area contributed by atoms with Crippen LogP contribution in [0.15, 0.2) is 33.7 Å². The van der Waals surface area contributed by atoms with E-state index < -0.39 is 10.0 Å². The molecule has 0 unspecified atom stereocenters. The van der Waals surface area contributed by atoms with Gasteiger partial charge in [0.2, 0.25) is 15.9 Å². The summed E-state index contributed by atoms with van der Waals surface area (Å²) in [5.74, 6) is 1.19. The number of nitrogens with one attached hydrogen (secondary N) is 2. The lowest BCUT2D eigenvalue weighted by molar-refractivity contribution is 0.387. The van der Waals surface area contributed by atoms with Gasteiger partial charge >= 0.3 is 0 Å². The van der Waals surface area contributed by atoms with E-state index in [1.165, 1.54) is 0 Å². The van der Waals surface area contributed by atoms with E-state index in [2.05, 4.69) is 20.2 Å². The Hall–Kier alpha value is -1.93. The van der Waals surface area contributed by atoms with E-state index in [1.54, 1.807) is 38.1 Å². The van der Waals surface area contributed by atoms with Crippen LogP contribution >= 0.6 is 0 Å². The fourth-order valence-corrected chi connectivity index (χ4v) is 2.83. The fourth-order valence-electron chi connectivity index (χ4n) is 1.79. The largest absolute Gasteiger partial charge is 0.385 e. The van der Waals surface area contributed by atoms with E-state index in [1.807, 2.05) is 0 Å². The number of hydrogen-bond donors (Lipinski definition) is 2. The second kappa shape index (κ2) is 6.68. The standard InChI is InChI=1S/C13H18N4O3S/c1-3-15-21(18,19)12-6-4-11(5-7-12)14-9-8-13-16-10(2)20-17-13/h4-7,14-15H,3,8-9H2,1-2H3. The summed E-state index contributed by atoms with van der Waals surface area (Å²) in [5, 5.41) is 6.98. The van der Waals surface area contributed by atoms with Gasteiger partial charge in [0, 0.05) is 32.1 Å². The van der Waals surface area contributed by atoms with Gasteiger partial charge in [-0.15, -0.1) is 0 Å². The van der Waals surface area contributed by atoms with Crippen molar-refractivity contribution in [3.63, 3.8) is 0 Å². The van der Waals surface area contributed by atoms with Crippen LogP contribution in [0, 0.1) is 6.92 Å². The van der Waals surface area contributed by atoms with Crippen LogP contribution in [0.2, 0.25) is 0 Å². The molecular weight excluding hydrogens is 292 g/mol. The molecule has 0 aliphatic rings. The Balaban J connectivity index is 1.90. The fraction of sp³-hybridized carbons (Fsp3) is 0.385. The monoisotopic (exact) mass is 310 g/mol. The SMILES string of the molecule is CCNS(=O)(=O)c1ccc(NCCc2noc(C)n2)cc1. The van der Waals surface area contributed by atoms with Gasteiger partial charge in [0.05, 0.1) is 4.90 Å². The molecule has 0 aliphatic carbocycles. The average molecular weight is 310 g/mol. The van der Waals surface area contributed by atoms with Gasteiger partial charge in [-0.3, -0.25) is 0 Å². The van der Waals surface area contributed by atoms with Gasteiger partial charge in [0.1, 0.15) is 0 Å². The molecule has 21 heavy (non-hydrogen) atoms. The Morgan fingerprint density at radius 1 is 1.24 bits per heavy atom. The molecule has 0 saturated carbocycles. The lowest BCUT2D eigenvalue weighted by Crippen LogP contribution is -2.23. The first kappa shape index (κ1) is 15.5. The molecule has 0 spiro atoms. The number of aromatic nitrogens is 2. The molecule has 2 N–H and O–H groups in total. The van der Waals surface area contributed by atoms with Crippen molar-refractivity contribution in [2.45, 2.75) is 25.2 Å². The lowest BCUT2D eigenvalue weighted by Gasteiger charge is -2.07. The highest BCUT2D eigenvalue weighted by molar-refractivity contribution is 7.89. The second-order valence-electron chi connectivity index (χ2n) is 4.43. The van der Waals surface area contributed by atoms with Crippen LogP contribution in [0.25, 0.3) is 0 Å². The van der Waals surface area contributed by atoms with Crippen LogP contribution in [0.1, 0.15) is 18.6 Å². The first-order valence-electron chi connectivity index (χ1n) is 6.64. The summed E-state index contributed by atoms with van der Waals surface area (Å²) in [6, 6.07) is 6.59. The molecule has 0 radical (unpaired) electrons. The number of anilines is 1. The highest BCUT2D eigenvalue weighted by Crippen LogP contribution is 2.13. The predicted molar refractivity (Wildman–Crippen MR) is 78.5 cm³/mol. The van der Waals surface area contributed by atoms with Crippen molar-refractivity contribution < 1.29 is 12.9 Å². The van der Waals surface area contributed by atoms with Gasteiger partial charge in [-0.25, -0.2) is 13.1 Å². The molecule has 1 aromatic heterocycles. The van der Waals surface area contributed by atoms with Crippen molar-refractivity contribution >= 4 is 15.7 Å². The van der Waals surface area contributed by atoms with E-state index in [9.17, 15) is 8.42 Å². The van der Waals surface area contributed by atoms with Crippen molar-refractivity contribution in [1.82, 2.24) is 14.9 Å². The van der Waals surface area contributed by atoms with E-state index in [4.69, 9.17) is 4.52 Å². The van der Waals surface area contributed by atoms with E-state index >= 15 is 0 Å². The molecule has 7 nitrogen and oxygen atoms in total. The van der Waals surface area contributed by atoms with E-state index in [-0.39, 0.29) is 4.90 Å². The lowest BCUT2D eigenvalue weighted by atomic mass is 10.3. The molecule has 2 rings (SSSR count). The highest BCUT2D eigenvalue weighted by Gasteiger charge is 2.11. The predicted octanol–water partition coefficient (Wildman–Crippen LogP) is 1.33. The Bertz CT molecular complexity index is 680. The van der Waals surface area contributed by atoms with Crippen LogP contribution in [-0.2, 0) is 16.4 Å². The zero-order valence-electron chi connectivity index (χ0n) is 12.0. The molecule has 114 valence electrons. The van der Waals surface area contributed by atoms with Crippen molar-refractivity contribution in [3.8, 4) is 0 Å². The van der Waals surface area contributed by atoms with Gasteiger partial charge in [-0.2, -0.15) is 4.98 Å². The number of benzene rings is 1. The third-order valence-corrected chi connectivity index (χ3v) is 4.31. The average Bonchev–Trinajstić information content (AvgIpc) is 2.85. The maximum Gasteiger partial charge on any atom is 0.240 e. The van der Waals surface area contributed by atoms with Crippen LogP contribution < -0.4 is 10.0 Å². The maximum atomic E-state index is 11.8. The summed E-state index contributed by atoms with van der Waals surface area (Å²) >= 11 is 0. The summed E-state index contributed by atoms with van der Waals surface area (Å²) in [6.45, 7) is 4.49. The highest BCUT2D eigenvalue weighted by atomic mass is 32.2. The minimum atomic E-state index is -3.40.